The van der Waals surface area contributed by atoms with Gasteiger partial charge in [-0.25, -0.2) is 0 Å². The first-order valence-corrected chi connectivity index (χ1v) is 11.5. The lowest BCUT2D eigenvalue weighted by molar-refractivity contribution is -0.115. The van der Waals surface area contributed by atoms with E-state index in [1.807, 2.05) is 25.1 Å². The number of likely N-dealkylation sites (N-methyl/N-ethyl adjacent to an activating group) is 1. The van der Waals surface area contributed by atoms with Crippen molar-refractivity contribution < 1.29 is 14.4 Å². The minimum atomic E-state index is -0.530. The number of anilines is 1. The van der Waals surface area contributed by atoms with Crippen molar-refractivity contribution in [1.29, 1.82) is 0 Å². The molecule has 0 unspecified atom stereocenters. The molecule has 0 atom stereocenters. The Labute approximate surface area is 213 Å². The second kappa shape index (κ2) is 12.3. The van der Waals surface area contributed by atoms with E-state index in [0.717, 1.165) is 5.56 Å². The molecule has 0 radical (unpaired) electrons. The molecule has 0 saturated heterocycles. The molecule has 0 bridgehead atoms. The molecule has 0 saturated carbocycles. The number of benzene rings is 2. The first-order valence-electron chi connectivity index (χ1n) is 10.7. The predicted octanol–water partition coefficient (Wildman–Crippen LogP) is 3.43. The van der Waals surface area contributed by atoms with Crippen LogP contribution in [0.5, 0.6) is 0 Å². The standard InChI is InChI=1S/C25H25Cl2N5O3/c1-32(2)13-5-10-21(33)30-17-7-3-6-16(14-17)15-29-25(35)23-20(11-12-28-23)31-24(34)22-18(26)8-4-9-19(22)27/h3-11,14H,12-13,15H2,1-2H3,(H,29,35)(H,30,33)(H,31,34)/b10-5+. The number of hydrogen-bond acceptors (Lipinski definition) is 5. The number of carbonyl (C=O) groups excluding carboxylic acids is 3. The Morgan fingerprint density at radius 2 is 1.74 bits per heavy atom. The summed E-state index contributed by atoms with van der Waals surface area (Å²) in [4.78, 5) is 43.6. The van der Waals surface area contributed by atoms with E-state index < -0.39 is 11.8 Å². The van der Waals surface area contributed by atoms with Gasteiger partial charge in [0.2, 0.25) is 5.91 Å². The fourth-order valence-corrected chi connectivity index (χ4v) is 3.76. The number of carbonyl (C=O) groups is 3. The largest absolute Gasteiger partial charge is 0.347 e. The zero-order valence-electron chi connectivity index (χ0n) is 19.3. The number of nitrogens with one attached hydrogen (secondary N) is 3. The molecular weight excluding hydrogens is 489 g/mol. The number of amides is 3. The summed E-state index contributed by atoms with van der Waals surface area (Å²) in [6, 6.07) is 11.9. The number of nitrogens with zero attached hydrogens (tertiary/aromatic N) is 2. The van der Waals surface area contributed by atoms with Gasteiger partial charge in [0.05, 0.1) is 27.9 Å². The second-order valence-electron chi connectivity index (χ2n) is 7.89. The van der Waals surface area contributed by atoms with E-state index in [1.54, 1.807) is 48.6 Å². The van der Waals surface area contributed by atoms with Crippen LogP contribution < -0.4 is 16.0 Å². The van der Waals surface area contributed by atoms with Crippen molar-refractivity contribution in [1.82, 2.24) is 15.5 Å². The van der Waals surface area contributed by atoms with Crippen LogP contribution in [0.15, 0.2) is 71.4 Å². The van der Waals surface area contributed by atoms with E-state index in [9.17, 15) is 14.4 Å². The van der Waals surface area contributed by atoms with E-state index in [1.165, 1.54) is 6.08 Å². The molecule has 8 nitrogen and oxygen atoms in total. The van der Waals surface area contributed by atoms with Crippen molar-refractivity contribution in [3.05, 3.63) is 87.6 Å². The predicted molar refractivity (Wildman–Crippen MR) is 139 cm³/mol. The zero-order valence-corrected chi connectivity index (χ0v) is 20.8. The maximum atomic E-state index is 12.7. The van der Waals surface area contributed by atoms with Crippen LogP contribution in [-0.2, 0) is 16.1 Å². The van der Waals surface area contributed by atoms with E-state index in [2.05, 4.69) is 20.9 Å². The minimum Gasteiger partial charge on any atom is -0.347 e. The maximum Gasteiger partial charge on any atom is 0.271 e. The van der Waals surface area contributed by atoms with Crippen LogP contribution in [0.3, 0.4) is 0 Å². The Bertz CT molecular complexity index is 1200. The fourth-order valence-electron chi connectivity index (χ4n) is 3.19. The van der Waals surface area contributed by atoms with Crippen molar-refractivity contribution in [2.24, 2.45) is 4.99 Å². The van der Waals surface area contributed by atoms with Gasteiger partial charge in [0, 0.05) is 24.9 Å². The van der Waals surface area contributed by atoms with Crippen LogP contribution in [-0.4, -0.2) is 55.5 Å². The third-order valence-corrected chi connectivity index (χ3v) is 5.47. The number of rotatable bonds is 9. The van der Waals surface area contributed by atoms with Crippen LogP contribution in [0.4, 0.5) is 5.69 Å². The Balaban J connectivity index is 1.57. The summed E-state index contributed by atoms with van der Waals surface area (Å²) in [5.74, 6) is -1.21. The highest BCUT2D eigenvalue weighted by atomic mass is 35.5. The van der Waals surface area contributed by atoms with Gasteiger partial charge in [-0.2, -0.15) is 0 Å². The molecule has 0 fully saturated rings. The topological polar surface area (TPSA) is 103 Å². The van der Waals surface area contributed by atoms with Crippen molar-refractivity contribution in [2.75, 3.05) is 32.5 Å². The molecule has 3 rings (SSSR count). The van der Waals surface area contributed by atoms with E-state index in [0.29, 0.717) is 12.2 Å². The smallest absolute Gasteiger partial charge is 0.271 e. The maximum absolute atomic E-state index is 12.7. The van der Waals surface area contributed by atoms with Crippen molar-refractivity contribution in [3.8, 4) is 0 Å². The van der Waals surface area contributed by atoms with Gasteiger partial charge in [0.25, 0.3) is 11.8 Å². The average molecular weight is 514 g/mol. The first-order chi connectivity index (χ1) is 16.7. The molecule has 35 heavy (non-hydrogen) atoms. The van der Waals surface area contributed by atoms with Gasteiger partial charge in [-0.3, -0.25) is 19.4 Å². The number of halogens is 2. The summed E-state index contributed by atoms with van der Waals surface area (Å²) >= 11 is 12.2. The van der Waals surface area contributed by atoms with Crippen LogP contribution >= 0.6 is 23.2 Å². The Hall–Kier alpha value is -3.46. The van der Waals surface area contributed by atoms with Crippen molar-refractivity contribution in [2.45, 2.75) is 6.54 Å². The monoisotopic (exact) mass is 513 g/mol. The molecule has 10 heteroatoms. The van der Waals surface area contributed by atoms with Gasteiger partial charge in [-0.1, -0.05) is 47.5 Å². The molecule has 3 N–H and O–H groups in total. The van der Waals surface area contributed by atoms with Gasteiger partial charge in [0.15, 0.2) is 0 Å². The van der Waals surface area contributed by atoms with E-state index in [4.69, 9.17) is 23.2 Å². The van der Waals surface area contributed by atoms with Crippen molar-refractivity contribution in [3.63, 3.8) is 0 Å². The summed E-state index contributed by atoms with van der Waals surface area (Å²) in [6.07, 6.45) is 4.88. The molecule has 2 aromatic carbocycles. The SMILES string of the molecule is CN(C)C/C=C/C(=O)Nc1cccc(CNC(=O)C2=NCC=C2NC(=O)c2c(Cl)cccc2Cl)c1. The van der Waals surface area contributed by atoms with Gasteiger partial charge < -0.3 is 20.9 Å². The first kappa shape index (κ1) is 26.2. The summed E-state index contributed by atoms with van der Waals surface area (Å²) in [5.41, 5.74) is 1.91. The molecule has 0 spiro atoms. The zero-order chi connectivity index (χ0) is 25.4. The van der Waals surface area contributed by atoms with Gasteiger partial charge in [-0.05, 0) is 50.0 Å². The highest BCUT2D eigenvalue weighted by Crippen LogP contribution is 2.24. The second-order valence-corrected chi connectivity index (χ2v) is 8.71. The average Bonchev–Trinajstić information content (AvgIpc) is 3.25. The molecule has 182 valence electrons. The Morgan fingerprint density at radius 3 is 2.46 bits per heavy atom. The number of hydrogen-bond donors (Lipinski definition) is 3. The molecular formula is C25H25Cl2N5O3. The van der Waals surface area contributed by atoms with Crippen LogP contribution in [0, 0.1) is 0 Å². The molecule has 0 aliphatic carbocycles. The quantitative estimate of drug-likeness (QED) is 0.446. The van der Waals surface area contributed by atoms with Crippen molar-refractivity contribution >= 4 is 52.3 Å². The molecule has 2 aromatic rings. The lowest BCUT2D eigenvalue weighted by Gasteiger charge is -2.12. The van der Waals surface area contributed by atoms with Crippen LogP contribution in [0.1, 0.15) is 15.9 Å². The molecule has 3 amide bonds. The number of aliphatic imine (C=N–C) groups is 1. The highest BCUT2D eigenvalue weighted by molar-refractivity contribution is 6.46. The lowest BCUT2D eigenvalue weighted by atomic mass is 10.1. The van der Waals surface area contributed by atoms with Gasteiger partial charge >= 0.3 is 0 Å². The van der Waals surface area contributed by atoms with E-state index >= 15 is 0 Å². The Kier molecular flexibility index (Phi) is 9.19. The minimum absolute atomic E-state index is 0.108. The fraction of sp³-hybridized carbons (Fsp3) is 0.200. The lowest BCUT2D eigenvalue weighted by Crippen LogP contribution is -2.36. The summed E-state index contributed by atoms with van der Waals surface area (Å²) in [5, 5.41) is 8.66. The third kappa shape index (κ3) is 7.51. The highest BCUT2D eigenvalue weighted by Gasteiger charge is 2.23. The summed E-state index contributed by atoms with van der Waals surface area (Å²) in [6.45, 7) is 1.12. The van der Waals surface area contributed by atoms with Crippen LogP contribution in [0.2, 0.25) is 10.0 Å². The third-order valence-electron chi connectivity index (χ3n) is 4.84. The van der Waals surface area contributed by atoms with Gasteiger partial charge in [0.1, 0.15) is 5.71 Å². The van der Waals surface area contributed by atoms with Crippen LogP contribution in [0.25, 0.3) is 0 Å². The van der Waals surface area contributed by atoms with Gasteiger partial charge in [-0.15, -0.1) is 0 Å². The molecule has 0 aromatic heterocycles. The molecule has 1 heterocycles. The molecule has 1 aliphatic rings. The molecule has 1 aliphatic heterocycles. The summed E-state index contributed by atoms with van der Waals surface area (Å²) < 4.78 is 0. The summed E-state index contributed by atoms with van der Waals surface area (Å²) in [7, 11) is 3.83. The van der Waals surface area contributed by atoms with E-state index in [-0.39, 0.29) is 46.0 Å². The Morgan fingerprint density at radius 1 is 1.03 bits per heavy atom. The normalized spacial score (nSPS) is 12.9.